The van der Waals surface area contributed by atoms with Crippen LogP contribution in [0.25, 0.3) is 0 Å². The topological polar surface area (TPSA) is 0 Å². The molecular weight excluding hydrogens is 156 g/mol. The summed E-state index contributed by atoms with van der Waals surface area (Å²) >= 11 is 0. The summed E-state index contributed by atoms with van der Waals surface area (Å²) < 4.78 is 0. The molecule has 0 fully saturated rings. The fourth-order valence-electron chi connectivity index (χ4n) is 2.33. The summed E-state index contributed by atoms with van der Waals surface area (Å²) in [6.07, 6.45) is 8.64. The molecule has 0 saturated heterocycles. The molecule has 0 radical (unpaired) electrons. The molecule has 0 spiro atoms. The molecule has 0 saturated carbocycles. The molecule has 0 bridgehead atoms. The molecule has 0 heteroatoms. The van der Waals surface area contributed by atoms with Crippen LogP contribution in [-0.4, -0.2) is 0 Å². The van der Waals surface area contributed by atoms with E-state index in [2.05, 4.69) is 26.0 Å². The van der Waals surface area contributed by atoms with Crippen LogP contribution in [0.1, 0.15) is 47.0 Å². The van der Waals surface area contributed by atoms with Crippen LogP contribution in [0, 0.1) is 11.8 Å². The van der Waals surface area contributed by atoms with Gasteiger partial charge in [0.15, 0.2) is 0 Å². The molecule has 2 aliphatic rings. The lowest BCUT2D eigenvalue weighted by molar-refractivity contribution is 0.583. The molecule has 0 nitrogen and oxygen atoms in total. The minimum atomic E-state index is 0.833. The molecular formula is C13H22. The normalized spacial score (nSPS) is 31.1. The summed E-state index contributed by atoms with van der Waals surface area (Å²) in [5.41, 5.74) is 3.40. The van der Waals surface area contributed by atoms with E-state index in [0.29, 0.717) is 0 Å². The van der Waals surface area contributed by atoms with Crippen molar-refractivity contribution >= 4 is 0 Å². The zero-order valence-corrected chi connectivity index (χ0v) is 9.43. The second-order valence-corrected chi connectivity index (χ2v) is 4.10. The summed E-state index contributed by atoms with van der Waals surface area (Å²) in [6.45, 7) is 8.72. The van der Waals surface area contributed by atoms with E-state index < -0.39 is 0 Å². The van der Waals surface area contributed by atoms with Crippen molar-refractivity contribution in [2.24, 2.45) is 11.8 Å². The van der Waals surface area contributed by atoms with Crippen molar-refractivity contribution in [3.63, 3.8) is 0 Å². The smallest absolute Gasteiger partial charge is 0.0191 e. The standard InChI is InChI=1S/C11H16.C2H6/c1-8-6-10-5-3-4-9(2)11(10)7-8;1-2/h3,5,8-9H,4,6-7H2,1-2H3;1-2H3/t8-,9?;/m0./s1. The maximum absolute atomic E-state index is 2.36. The average molecular weight is 178 g/mol. The van der Waals surface area contributed by atoms with Crippen molar-refractivity contribution < 1.29 is 0 Å². The Morgan fingerprint density at radius 2 is 1.85 bits per heavy atom. The third-order valence-corrected chi connectivity index (χ3v) is 2.95. The number of hydrogen-bond donors (Lipinski definition) is 0. The van der Waals surface area contributed by atoms with Gasteiger partial charge in [-0.3, -0.25) is 0 Å². The first kappa shape index (κ1) is 10.6. The van der Waals surface area contributed by atoms with Gasteiger partial charge in [-0.2, -0.15) is 0 Å². The van der Waals surface area contributed by atoms with Crippen molar-refractivity contribution in [2.45, 2.75) is 47.0 Å². The third-order valence-electron chi connectivity index (χ3n) is 2.95. The summed E-state index contributed by atoms with van der Waals surface area (Å²) in [5, 5.41) is 0. The fraction of sp³-hybridized carbons (Fsp3) is 0.692. The van der Waals surface area contributed by atoms with Gasteiger partial charge in [0, 0.05) is 0 Å². The Labute approximate surface area is 82.7 Å². The summed E-state index contributed by atoms with van der Waals surface area (Å²) in [7, 11) is 0. The number of rotatable bonds is 0. The van der Waals surface area contributed by atoms with E-state index in [1.807, 2.05) is 13.8 Å². The number of hydrogen-bond acceptors (Lipinski definition) is 0. The highest BCUT2D eigenvalue weighted by Crippen LogP contribution is 2.39. The van der Waals surface area contributed by atoms with Crippen LogP contribution < -0.4 is 0 Å². The maximum atomic E-state index is 2.36. The van der Waals surface area contributed by atoms with E-state index in [4.69, 9.17) is 0 Å². The molecule has 0 aromatic carbocycles. The largest absolute Gasteiger partial charge is 0.0837 e. The second kappa shape index (κ2) is 4.64. The Kier molecular flexibility index (Phi) is 3.77. The van der Waals surface area contributed by atoms with Crippen LogP contribution in [-0.2, 0) is 0 Å². The van der Waals surface area contributed by atoms with Crippen molar-refractivity contribution in [1.29, 1.82) is 0 Å². The minimum absolute atomic E-state index is 0.833. The van der Waals surface area contributed by atoms with E-state index >= 15 is 0 Å². The molecule has 74 valence electrons. The molecule has 2 rings (SSSR count). The first-order valence-corrected chi connectivity index (χ1v) is 5.66. The van der Waals surface area contributed by atoms with Gasteiger partial charge in [-0.1, -0.05) is 45.4 Å². The molecule has 2 aliphatic carbocycles. The molecule has 13 heavy (non-hydrogen) atoms. The van der Waals surface area contributed by atoms with Crippen molar-refractivity contribution in [2.75, 3.05) is 0 Å². The van der Waals surface area contributed by atoms with Gasteiger partial charge in [-0.15, -0.1) is 0 Å². The van der Waals surface area contributed by atoms with E-state index in [-0.39, 0.29) is 0 Å². The quantitative estimate of drug-likeness (QED) is 0.518. The molecule has 0 N–H and O–H groups in total. The Morgan fingerprint density at radius 3 is 2.46 bits per heavy atom. The molecule has 0 aromatic heterocycles. The highest BCUT2D eigenvalue weighted by atomic mass is 14.3. The van der Waals surface area contributed by atoms with Crippen LogP contribution in [0.15, 0.2) is 23.3 Å². The minimum Gasteiger partial charge on any atom is -0.0837 e. The Bertz CT molecular complexity index is 220. The van der Waals surface area contributed by atoms with Gasteiger partial charge < -0.3 is 0 Å². The van der Waals surface area contributed by atoms with Crippen molar-refractivity contribution in [1.82, 2.24) is 0 Å². The van der Waals surface area contributed by atoms with Gasteiger partial charge in [0.25, 0.3) is 0 Å². The molecule has 2 atom stereocenters. The summed E-state index contributed by atoms with van der Waals surface area (Å²) in [5.74, 6) is 1.74. The van der Waals surface area contributed by atoms with Crippen LogP contribution in [0.5, 0.6) is 0 Å². The van der Waals surface area contributed by atoms with Gasteiger partial charge in [-0.05, 0) is 36.7 Å². The van der Waals surface area contributed by atoms with Crippen molar-refractivity contribution in [3.05, 3.63) is 23.3 Å². The Hall–Kier alpha value is -0.520. The molecule has 0 amide bonds. The van der Waals surface area contributed by atoms with Gasteiger partial charge in [0.1, 0.15) is 0 Å². The van der Waals surface area contributed by atoms with Gasteiger partial charge >= 0.3 is 0 Å². The maximum Gasteiger partial charge on any atom is -0.0191 e. The molecule has 1 unspecified atom stereocenters. The molecule has 0 aliphatic heterocycles. The monoisotopic (exact) mass is 178 g/mol. The SMILES string of the molecule is CC.CC1CC=CC2=C1C[C@@H](C)C2. The van der Waals surface area contributed by atoms with Gasteiger partial charge in [-0.25, -0.2) is 0 Å². The summed E-state index contributed by atoms with van der Waals surface area (Å²) in [6, 6.07) is 0. The zero-order chi connectivity index (χ0) is 9.84. The average Bonchev–Trinajstić information content (AvgIpc) is 2.51. The van der Waals surface area contributed by atoms with E-state index in [1.165, 1.54) is 19.3 Å². The predicted molar refractivity (Wildman–Crippen MR) is 59.7 cm³/mol. The van der Waals surface area contributed by atoms with Crippen LogP contribution in [0.3, 0.4) is 0 Å². The highest BCUT2D eigenvalue weighted by Gasteiger charge is 2.24. The first-order valence-electron chi connectivity index (χ1n) is 5.66. The van der Waals surface area contributed by atoms with Crippen molar-refractivity contribution in [3.8, 4) is 0 Å². The highest BCUT2D eigenvalue weighted by molar-refractivity contribution is 5.35. The van der Waals surface area contributed by atoms with E-state index in [1.54, 1.807) is 11.1 Å². The van der Waals surface area contributed by atoms with Gasteiger partial charge in [0.05, 0.1) is 0 Å². The van der Waals surface area contributed by atoms with E-state index in [9.17, 15) is 0 Å². The van der Waals surface area contributed by atoms with Crippen LogP contribution in [0.2, 0.25) is 0 Å². The first-order chi connectivity index (χ1) is 6.27. The third kappa shape index (κ3) is 2.24. The van der Waals surface area contributed by atoms with Crippen LogP contribution >= 0.6 is 0 Å². The Morgan fingerprint density at radius 1 is 1.15 bits per heavy atom. The predicted octanol–water partition coefficient (Wildman–Crippen LogP) is 4.34. The van der Waals surface area contributed by atoms with Gasteiger partial charge in [0.2, 0.25) is 0 Å². The zero-order valence-electron chi connectivity index (χ0n) is 9.43. The fourth-order valence-corrected chi connectivity index (χ4v) is 2.33. The lowest BCUT2D eigenvalue weighted by Gasteiger charge is -2.16. The van der Waals surface area contributed by atoms with E-state index in [0.717, 1.165) is 11.8 Å². The molecule has 0 heterocycles. The molecule has 0 aromatic rings. The summed E-state index contributed by atoms with van der Waals surface area (Å²) in [4.78, 5) is 0. The Balaban J connectivity index is 0.000000396. The van der Waals surface area contributed by atoms with Crippen LogP contribution in [0.4, 0.5) is 0 Å². The second-order valence-electron chi connectivity index (χ2n) is 4.10. The lowest BCUT2D eigenvalue weighted by atomic mass is 9.90. The number of allylic oxidation sites excluding steroid dienone is 4. The lowest BCUT2D eigenvalue weighted by Crippen LogP contribution is -2.01.